The molecule has 0 aliphatic carbocycles. The average Bonchev–Trinajstić information content (AvgIpc) is 3.22. The molecule has 7 heteroatoms. The van der Waals surface area contributed by atoms with Crippen LogP contribution in [0.1, 0.15) is 35.9 Å². The van der Waals surface area contributed by atoms with E-state index in [9.17, 15) is 4.79 Å². The third-order valence-electron chi connectivity index (χ3n) is 3.55. The van der Waals surface area contributed by atoms with Gasteiger partial charge in [0, 0.05) is 11.4 Å². The zero-order valence-electron chi connectivity index (χ0n) is 13.7. The Morgan fingerprint density at radius 1 is 1.29 bits per heavy atom. The molecule has 0 radical (unpaired) electrons. The van der Waals surface area contributed by atoms with Crippen LogP contribution in [0, 0.1) is 5.92 Å². The Hall–Kier alpha value is -2.96. The number of nitrogens with zero attached hydrogens (tertiary/aromatic N) is 4. The van der Waals surface area contributed by atoms with Crippen molar-refractivity contribution in [3.63, 3.8) is 0 Å². The van der Waals surface area contributed by atoms with Crippen LogP contribution in [0.4, 0.5) is 0 Å². The normalized spacial score (nSPS) is 11.0. The molecule has 24 heavy (non-hydrogen) atoms. The Bertz CT molecular complexity index is 805. The molecule has 7 nitrogen and oxygen atoms in total. The Labute approximate surface area is 140 Å². The van der Waals surface area contributed by atoms with E-state index < -0.39 is 0 Å². The lowest BCUT2D eigenvalue weighted by Gasteiger charge is -2.06. The van der Waals surface area contributed by atoms with E-state index in [1.54, 1.807) is 12.4 Å². The SMILES string of the molecule is CC(C)Cc1cc(C(=O)NCc2nncn2-c2ccccc2)n[nH]1. The average molecular weight is 324 g/mol. The summed E-state index contributed by atoms with van der Waals surface area (Å²) in [6.07, 6.45) is 2.49. The molecule has 0 aliphatic heterocycles. The van der Waals surface area contributed by atoms with Crippen molar-refractivity contribution in [3.8, 4) is 5.69 Å². The van der Waals surface area contributed by atoms with Crippen molar-refractivity contribution in [2.75, 3.05) is 0 Å². The lowest BCUT2D eigenvalue weighted by atomic mass is 10.1. The third-order valence-corrected chi connectivity index (χ3v) is 3.55. The van der Waals surface area contributed by atoms with Crippen molar-refractivity contribution in [2.24, 2.45) is 5.92 Å². The quantitative estimate of drug-likeness (QED) is 0.727. The van der Waals surface area contributed by atoms with Gasteiger partial charge < -0.3 is 5.32 Å². The van der Waals surface area contributed by atoms with Crippen LogP contribution in [0.2, 0.25) is 0 Å². The first-order valence-electron chi connectivity index (χ1n) is 7.90. The fourth-order valence-electron chi connectivity index (χ4n) is 2.46. The minimum Gasteiger partial charge on any atom is -0.343 e. The fourth-order valence-corrected chi connectivity index (χ4v) is 2.46. The van der Waals surface area contributed by atoms with E-state index in [0.29, 0.717) is 17.4 Å². The molecule has 2 heterocycles. The molecule has 1 aromatic carbocycles. The van der Waals surface area contributed by atoms with Crippen LogP contribution in [0.15, 0.2) is 42.7 Å². The number of carbonyl (C=O) groups excluding carboxylic acids is 1. The highest BCUT2D eigenvalue weighted by Crippen LogP contribution is 2.09. The van der Waals surface area contributed by atoms with Gasteiger partial charge in [-0.15, -0.1) is 10.2 Å². The molecule has 0 saturated carbocycles. The maximum atomic E-state index is 12.2. The van der Waals surface area contributed by atoms with E-state index in [0.717, 1.165) is 17.8 Å². The van der Waals surface area contributed by atoms with E-state index in [1.807, 2.05) is 34.9 Å². The van der Waals surface area contributed by atoms with Crippen molar-refractivity contribution < 1.29 is 4.79 Å². The van der Waals surface area contributed by atoms with E-state index >= 15 is 0 Å². The van der Waals surface area contributed by atoms with Gasteiger partial charge >= 0.3 is 0 Å². The van der Waals surface area contributed by atoms with Gasteiger partial charge in [0.1, 0.15) is 12.0 Å². The number of nitrogens with one attached hydrogen (secondary N) is 2. The third kappa shape index (κ3) is 3.68. The standard InChI is InChI=1S/C17H20N6O/c1-12(2)8-13-9-15(21-20-13)17(24)18-10-16-22-19-11-23(16)14-6-4-3-5-7-14/h3-7,9,11-12H,8,10H2,1-2H3,(H,18,24)(H,20,21). The molecule has 0 spiro atoms. The molecular formula is C17H20N6O. The van der Waals surface area contributed by atoms with Crippen LogP contribution >= 0.6 is 0 Å². The summed E-state index contributed by atoms with van der Waals surface area (Å²) in [6, 6.07) is 11.5. The summed E-state index contributed by atoms with van der Waals surface area (Å²) in [7, 11) is 0. The molecule has 3 aromatic rings. The van der Waals surface area contributed by atoms with Gasteiger partial charge in [-0.3, -0.25) is 14.5 Å². The van der Waals surface area contributed by atoms with Crippen LogP contribution < -0.4 is 5.32 Å². The maximum absolute atomic E-state index is 12.2. The zero-order valence-corrected chi connectivity index (χ0v) is 13.7. The topological polar surface area (TPSA) is 88.5 Å². The molecule has 3 rings (SSSR count). The Kier molecular flexibility index (Phi) is 4.69. The Morgan fingerprint density at radius 2 is 2.08 bits per heavy atom. The van der Waals surface area contributed by atoms with E-state index in [4.69, 9.17) is 0 Å². The van der Waals surface area contributed by atoms with Gasteiger partial charge in [-0.2, -0.15) is 5.10 Å². The monoisotopic (exact) mass is 324 g/mol. The molecule has 0 aliphatic rings. The van der Waals surface area contributed by atoms with Crippen molar-refractivity contribution >= 4 is 5.91 Å². The van der Waals surface area contributed by atoms with Crippen LogP contribution in [0.3, 0.4) is 0 Å². The Morgan fingerprint density at radius 3 is 2.83 bits per heavy atom. The summed E-state index contributed by atoms with van der Waals surface area (Å²) in [4.78, 5) is 12.2. The van der Waals surface area contributed by atoms with Crippen molar-refractivity contribution in [1.82, 2.24) is 30.3 Å². The van der Waals surface area contributed by atoms with Crippen LogP contribution in [-0.4, -0.2) is 30.9 Å². The second-order valence-corrected chi connectivity index (χ2v) is 6.01. The first-order chi connectivity index (χ1) is 11.6. The summed E-state index contributed by atoms with van der Waals surface area (Å²) < 4.78 is 1.84. The molecule has 0 unspecified atom stereocenters. The molecular weight excluding hydrogens is 304 g/mol. The molecule has 124 valence electrons. The van der Waals surface area contributed by atoms with Crippen molar-refractivity contribution in [2.45, 2.75) is 26.8 Å². The van der Waals surface area contributed by atoms with E-state index in [1.165, 1.54) is 0 Å². The highest BCUT2D eigenvalue weighted by atomic mass is 16.1. The number of H-pyrrole nitrogens is 1. The summed E-state index contributed by atoms with van der Waals surface area (Å²) in [6.45, 7) is 4.52. The van der Waals surface area contributed by atoms with Gasteiger partial charge in [-0.1, -0.05) is 32.0 Å². The first-order valence-corrected chi connectivity index (χ1v) is 7.90. The van der Waals surface area contributed by atoms with Crippen molar-refractivity contribution in [3.05, 3.63) is 59.9 Å². The minimum atomic E-state index is -0.233. The number of aromatic amines is 1. The number of para-hydroxylation sites is 1. The van der Waals surface area contributed by atoms with Gasteiger partial charge in [0.25, 0.3) is 5.91 Å². The summed E-state index contributed by atoms with van der Waals surface area (Å²) in [5, 5.41) is 17.8. The van der Waals surface area contributed by atoms with Gasteiger partial charge in [-0.25, -0.2) is 0 Å². The van der Waals surface area contributed by atoms with Gasteiger partial charge in [0.2, 0.25) is 0 Å². The number of aromatic nitrogens is 5. The van der Waals surface area contributed by atoms with E-state index in [2.05, 4.69) is 39.6 Å². The largest absolute Gasteiger partial charge is 0.343 e. The number of amides is 1. The summed E-state index contributed by atoms with van der Waals surface area (Å²) in [5.41, 5.74) is 2.30. The number of carbonyl (C=O) groups is 1. The molecule has 1 amide bonds. The second-order valence-electron chi connectivity index (χ2n) is 6.01. The molecule has 0 fully saturated rings. The van der Waals surface area contributed by atoms with Crippen LogP contribution in [-0.2, 0) is 13.0 Å². The molecule has 0 atom stereocenters. The van der Waals surface area contributed by atoms with Gasteiger partial charge in [0.15, 0.2) is 5.82 Å². The van der Waals surface area contributed by atoms with E-state index in [-0.39, 0.29) is 12.5 Å². The summed E-state index contributed by atoms with van der Waals surface area (Å²) in [5.74, 6) is 0.933. The number of benzene rings is 1. The number of rotatable bonds is 6. The predicted molar refractivity (Wildman–Crippen MR) is 89.7 cm³/mol. The smallest absolute Gasteiger partial charge is 0.272 e. The highest BCUT2D eigenvalue weighted by Gasteiger charge is 2.13. The molecule has 2 N–H and O–H groups in total. The minimum absolute atomic E-state index is 0.233. The van der Waals surface area contributed by atoms with Gasteiger partial charge in [-0.05, 0) is 30.5 Å². The van der Waals surface area contributed by atoms with Crippen LogP contribution in [0.25, 0.3) is 5.69 Å². The van der Waals surface area contributed by atoms with Gasteiger partial charge in [0.05, 0.1) is 6.54 Å². The van der Waals surface area contributed by atoms with Crippen LogP contribution in [0.5, 0.6) is 0 Å². The number of hydrogen-bond acceptors (Lipinski definition) is 4. The second kappa shape index (κ2) is 7.08. The molecule has 0 saturated heterocycles. The Balaban J connectivity index is 1.65. The first kappa shape index (κ1) is 15.9. The maximum Gasteiger partial charge on any atom is 0.272 e. The molecule has 0 bridgehead atoms. The predicted octanol–water partition coefficient (Wildman–Crippen LogP) is 2.12. The lowest BCUT2D eigenvalue weighted by Crippen LogP contribution is -2.24. The number of hydrogen-bond donors (Lipinski definition) is 2. The summed E-state index contributed by atoms with van der Waals surface area (Å²) >= 11 is 0. The lowest BCUT2D eigenvalue weighted by molar-refractivity contribution is 0.0944. The van der Waals surface area contributed by atoms with Crippen molar-refractivity contribution in [1.29, 1.82) is 0 Å². The molecule has 2 aromatic heterocycles. The zero-order chi connectivity index (χ0) is 16.9. The highest BCUT2D eigenvalue weighted by molar-refractivity contribution is 5.92. The fraction of sp³-hybridized carbons (Fsp3) is 0.294.